The number of ether oxygens (including phenoxy) is 6. The summed E-state index contributed by atoms with van der Waals surface area (Å²) in [7, 11) is 2.88. The molecule has 0 atom stereocenters. The fourth-order valence-corrected chi connectivity index (χ4v) is 6.57. The van der Waals surface area contributed by atoms with Gasteiger partial charge in [-0.25, -0.2) is 4.39 Å². The van der Waals surface area contributed by atoms with E-state index in [0.29, 0.717) is 39.1 Å². The van der Waals surface area contributed by atoms with Crippen molar-refractivity contribution in [2.75, 3.05) is 34.0 Å². The van der Waals surface area contributed by atoms with Gasteiger partial charge in [-0.05, 0) is 51.0 Å². The zero-order valence-corrected chi connectivity index (χ0v) is 30.1. The first-order valence-corrected chi connectivity index (χ1v) is 17.1. The summed E-state index contributed by atoms with van der Waals surface area (Å²) < 4.78 is 49.0. The van der Waals surface area contributed by atoms with Crippen molar-refractivity contribution in [3.63, 3.8) is 0 Å². The SMILES string of the molecule is CCOC(=O)CCC(=O)c1cc2c(F)c(OCCCOc3c(OC)cc4c(c3Cl)CN(C(=O)CCC(=O)OC(C)(C)C)C4)c(OC)cc2s1. The van der Waals surface area contributed by atoms with Gasteiger partial charge in [-0.1, -0.05) is 11.6 Å². The highest BCUT2D eigenvalue weighted by atomic mass is 35.5. The number of hydrogen-bond donors (Lipinski definition) is 0. The van der Waals surface area contributed by atoms with E-state index in [2.05, 4.69) is 0 Å². The molecule has 11 nitrogen and oxygen atoms in total. The summed E-state index contributed by atoms with van der Waals surface area (Å²) in [5, 5.41) is 0.532. The Morgan fingerprint density at radius 3 is 2.20 bits per heavy atom. The van der Waals surface area contributed by atoms with Gasteiger partial charge in [0.15, 0.2) is 34.6 Å². The molecule has 1 amide bonds. The number of carbonyl (C=O) groups excluding carboxylic acids is 4. The molecule has 0 fully saturated rings. The van der Waals surface area contributed by atoms with Crippen molar-refractivity contribution in [3.05, 3.63) is 45.0 Å². The maximum Gasteiger partial charge on any atom is 0.306 e. The van der Waals surface area contributed by atoms with E-state index in [0.717, 1.165) is 22.5 Å². The smallest absolute Gasteiger partial charge is 0.306 e. The highest BCUT2D eigenvalue weighted by Gasteiger charge is 2.30. The Morgan fingerprint density at radius 1 is 0.898 bits per heavy atom. The van der Waals surface area contributed by atoms with Crippen LogP contribution in [0.2, 0.25) is 5.02 Å². The molecule has 0 bridgehead atoms. The molecule has 2 heterocycles. The minimum Gasteiger partial charge on any atom is -0.493 e. The third-order valence-electron chi connectivity index (χ3n) is 7.45. The molecule has 266 valence electrons. The quantitative estimate of drug-likeness (QED) is 0.0863. The predicted octanol–water partition coefficient (Wildman–Crippen LogP) is 7.05. The lowest BCUT2D eigenvalue weighted by Gasteiger charge is -2.20. The number of ketones is 1. The minimum absolute atomic E-state index is 0.0160. The Balaban J connectivity index is 1.35. The first kappa shape index (κ1) is 37.7. The Labute approximate surface area is 293 Å². The molecule has 0 spiro atoms. The van der Waals surface area contributed by atoms with Gasteiger partial charge < -0.3 is 33.3 Å². The molecule has 2 aromatic carbocycles. The molecular formula is C35H41ClFNO10S. The van der Waals surface area contributed by atoms with Crippen LogP contribution in [0.25, 0.3) is 10.1 Å². The molecular weight excluding hydrogens is 681 g/mol. The number of amides is 1. The van der Waals surface area contributed by atoms with Crippen LogP contribution in [0.1, 0.15) is 80.6 Å². The van der Waals surface area contributed by atoms with Gasteiger partial charge in [0.25, 0.3) is 0 Å². The maximum atomic E-state index is 15.6. The number of esters is 2. The van der Waals surface area contributed by atoms with E-state index >= 15 is 4.39 Å². The standard InChI is InChI=1S/C35H41ClFNO10S/c1-7-45-29(41)11-9-23(39)27-16-21-26(49-27)17-25(44-6)34(32(21)37)47-14-8-13-46-33-24(43-5)15-20-18-38(19-22(20)31(33)36)28(40)10-12-30(42)48-35(2,3)4/h15-17H,7-14,18-19H2,1-6H3. The number of halogens is 2. The highest BCUT2D eigenvalue weighted by molar-refractivity contribution is 7.20. The van der Waals surface area contributed by atoms with Gasteiger partial charge in [-0.3, -0.25) is 19.2 Å². The van der Waals surface area contributed by atoms with E-state index in [4.69, 9.17) is 40.0 Å². The molecule has 1 aliphatic rings. The van der Waals surface area contributed by atoms with Crippen molar-refractivity contribution in [1.29, 1.82) is 0 Å². The van der Waals surface area contributed by atoms with Crippen LogP contribution in [0.15, 0.2) is 18.2 Å². The number of hydrogen-bond acceptors (Lipinski definition) is 11. The molecule has 1 aromatic heterocycles. The van der Waals surface area contributed by atoms with Gasteiger partial charge in [0, 0.05) is 48.5 Å². The van der Waals surface area contributed by atoms with E-state index < -0.39 is 23.4 Å². The van der Waals surface area contributed by atoms with Gasteiger partial charge in [-0.15, -0.1) is 11.3 Å². The molecule has 3 aromatic rings. The van der Waals surface area contributed by atoms with Gasteiger partial charge in [-0.2, -0.15) is 0 Å². The maximum absolute atomic E-state index is 15.6. The number of carbonyl (C=O) groups is 4. The third kappa shape index (κ3) is 9.54. The summed E-state index contributed by atoms with van der Waals surface area (Å²) in [6.45, 7) is 8.03. The number of Topliss-reactive ketones (excluding diaryl/α,β-unsaturated/α-hetero) is 1. The van der Waals surface area contributed by atoms with Crippen LogP contribution in [0.5, 0.6) is 23.0 Å². The van der Waals surface area contributed by atoms with E-state index in [1.165, 1.54) is 20.3 Å². The Morgan fingerprint density at radius 2 is 1.55 bits per heavy atom. The lowest BCUT2D eigenvalue weighted by Crippen LogP contribution is -2.28. The number of fused-ring (bicyclic) bond motifs is 2. The first-order chi connectivity index (χ1) is 23.3. The number of benzene rings is 2. The van der Waals surface area contributed by atoms with Crippen LogP contribution >= 0.6 is 22.9 Å². The molecule has 49 heavy (non-hydrogen) atoms. The fourth-order valence-electron chi connectivity index (χ4n) is 5.19. The van der Waals surface area contributed by atoms with Gasteiger partial charge in [0.05, 0.1) is 56.8 Å². The zero-order chi connectivity index (χ0) is 35.9. The van der Waals surface area contributed by atoms with Crippen LogP contribution in [0.3, 0.4) is 0 Å². The first-order valence-electron chi connectivity index (χ1n) is 15.9. The van der Waals surface area contributed by atoms with Crippen LogP contribution < -0.4 is 18.9 Å². The van der Waals surface area contributed by atoms with Crippen LogP contribution in [0.4, 0.5) is 4.39 Å². The molecule has 0 unspecified atom stereocenters. The number of methoxy groups -OCH3 is 2. The van der Waals surface area contributed by atoms with E-state index in [1.54, 1.807) is 44.7 Å². The number of thiophene rings is 1. The summed E-state index contributed by atoms with van der Waals surface area (Å²) in [5.74, 6) is -1.25. The molecule has 0 radical (unpaired) electrons. The fraction of sp³-hybridized carbons (Fsp3) is 0.486. The molecule has 1 aliphatic heterocycles. The van der Waals surface area contributed by atoms with Crippen molar-refractivity contribution in [2.45, 2.75) is 78.5 Å². The second-order valence-electron chi connectivity index (χ2n) is 12.2. The topological polar surface area (TPSA) is 127 Å². The van der Waals surface area contributed by atoms with Gasteiger partial charge in [0.1, 0.15) is 5.60 Å². The molecule has 4 rings (SSSR count). The predicted molar refractivity (Wildman–Crippen MR) is 181 cm³/mol. The van der Waals surface area contributed by atoms with E-state index in [1.807, 2.05) is 0 Å². The monoisotopic (exact) mass is 721 g/mol. The molecule has 14 heteroatoms. The second kappa shape index (κ2) is 16.5. The summed E-state index contributed by atoms with van der Waals surface area (Å²) in [6.07, 6.45) is 0.239. The average Bonchev–Trinajstić information content (AvgIpc) is 3.68. The lowest BCUT2D eigenvalue weighted by molar-refractivity contribution is -0.156. The molecule has 0 N–H and O–H groups in total. The van der Waals surface area contributed by atoms with Crippen LogP contribution in [-0.4, -0.2) is 68.2 Å². The van der Waals surface area contributed by atoms with Crippen LogP contribution in [0, 0.1) is 5.82 Å². The lowest BCUT2D eigenvalue weighted by atomic mass is 10.1. The Bertz CT molecular complexity index is 1720. The average molecular weight is 722 g/mol. The van der Waals surface area contributed by atoms with Crippen molar-refractivity contribution >= 4 is 56.7 Å². The van der Waals surface area contributed by atoms with E-state index in [9.17, 15) is 19.2 Å². The highest BCUT2D eigenvalue weighted by Crippen LogP contribution is 2.44. The summed E-state index contributed by atoms with van der Waals surface area (Å²) in [5.41, 5.74) is 0.924. The molecule has 0 saturated carbocycles. The molecule has 0 saturated heterocycles. The Kier molecular flexibility index (Phi) is 12.7. The minimum atomic E-state index is -0.663. The largest absolute Gasteiger partial charge is 0.493 e. The van der Waals surface area contributed by atoms with E-state index in [-0.39, 0.29) is 80.6 Å². The van der Waals surface area contributed by atoms with Crippen molar-refractivity contribution < 1.29 is 52.0 Å². The third-order valence-corrected chi connectivity index (χ3v) is 8.97. The van der Waals surface area contributed by atoms with Gasteiger partial charge >= 0.3 is 11.9 Å². The summed E-state index contributed by atoms with van der Waals surface area (Å²) in [6, 6.07) is 4.84. The zero-order valence-electron chi connectivity index (χ0n) is 28.5. The summed E-state index contributed by atoms with van der Waals surface area (Å²) >= 11 is 7.86. The molecule has 0 aliphatic carbocycles. The van der Waals surface area contributed by atoms with Crippen molar-refractivity contribution in [3.8, 4) is 23.0 Å². The van der Waals surface area contributed by atoms with Gasteiger partial charge in [0.2, 0.25) is 5.91 Å². The Hall–Kier alpha value is -4.10. The normalized spacial score (nSPS) is 12.4. The van der Waals surface area contributed by atoms with Crippen LogP contribution in [-0.2, 0) is 36.9 Å². The van der Waals surface area contributed by atoms with Crippen molar-refractivity contribution in [1.82, 2.24) is 4.90 Å². The number of rotatable bonds is 16. The summed E-state index contributed by atoms with van der Waals surface area (Å²) in [4.78, 5) is 51.2. The van der Waals surface area contributed by atoms with Crippen molar-refractivity contribution in [2.24, 2.45) is 0 Å². The number of nitrogens with zero attached hydrogens (tertiary/aromatic N) is 1. The second-order valence-corrected chi connectivity index (χ2v) is 13.7.